The summed E-state index contributed by atoms with van der Waals surface area (Å²) in [6.45, 7) is 9.55. The molecule has 0 bridgehead atoms. The predicted octanol–water partition coefficient (Wildman–Crippen LogP) is 3.17. The quantitative estimate of drug-likeness (QED) is 0.838. The van der Waals surface area contributed by atoms with E-state index in [1.807, 2.05) is 12.1 Å². The van der Waals surface area contributed by atoms with Crippen molar-refractivity contribution in [2.75, 3.05) is 44.2 Å². The standard InChI is InChI=1S/C19H28ClN3O/c1-15-6-7-17(20)13-18(15)22-11-9-21(10-12-22)14-19(24)23-8-4-3-5-16(23)2/h6-7,13,16H,3-5,8-12,14H2,1-2H3/t16-/m0/s1. The first-order valence-corrected chi connectivity index (χ1v) is 9.45. The summed E-state index contributed by atoms with van der Waals surface area (Å²) >= 11 is 6.15. The van der Waals surface area contributed by atoms with Crippen LogP contribution < -0.4 is 4.90 Å². The third kappa shape index (κ3) is 4.04. The molecular formula is C19H28ClN3O. The van der Waals surface area contributed by atoms with Crippen LogP contribution in [0.3, 0.4) is 0 Å². The number of likely N-dealkylation sites (tertiary alicyclic amines) is 1. The van der Waals surface area contributed by atoms with Crippen molar-refractivity contribution in [3.05, 3.63) is 28.8 Å². The van der Waals surface area contributed by atoms with Gasteiger partial charge in [0.05, 0.1) is 6.54 Å². The highest BCUT2D eigenvalue weighted by Gasteiger charge is 2.26. The number of amides is 1. The molecule has 1 amide bonds. The fourth-order valence-corrected chi connectivity index (χ4v) is 3.99. The lowest BCUT2D eigenvalue weighted by Crippen LogP contribution is -2.52. The van der Waals surface area contributed by atoms with Crippen molar-refractivity contribution in [1.82, 2.24) is 9.80 Å². The molecule has 2 saturated heterocycles. The lowest BCUT2D eigenvalue weighted by atomic mass is 10.0. The molecule has 5 heteroatoms. The highest BCUT2D eigenvalue weighted by atomic mass is 35.5. The van der Waals surface area contributed by atoms with Gasteiger partial charge in [-0.25, -0.2) is 0 Å². The topological polar surface area (TPSA) is 26.8 Å². The summed E-state index contributed by atoms with van der Waals surface area (Å²) in [5, 5.41) is 0.785. The molecule has 2 aliphatic heterocycles. The van der Waals surface area contributed by atoms with Gasteiger partial charge in [-0.15, -0.1) is 0 Å². The largest absolute Gasteiger partial charge is 0.369 e. The van der Waals surface area contributed by atoms with Crippen molar-refractivity contribution in [3.63, 3.8) is 0 Å². The highest BCUT2D eigenvalue weighted by molar-refractivity contribution is 6.30. The monoisotopic (exact) mass is 349 g/mol. The van der Waals surface area contributed by atoms with Crippen molar-refractivity contribution in [2.24, 2.45) is 0 Å². The van der Waals surface area contributed by atoms with Crippen LogP contribution in [0.15, 0.2) is 18.2 Å². The molecular weight excluding hydrogens is 322 g/mol. The number of piperazine rings is 1. The molecule has 1 aromatic carbocycles. The summed E-state index contributed by atoms with van der Waals surface area (Å²) in [5.74, 6) is 0.301. The Kier molecular flexibility index (Phi) is 5.67. The van der Waals surface area contributed by atoms with Gasteiger partial charge >= 0.3 is 0 Å². The summed E-state index contributed by atoms with van der Waals surface area (Å²) in [4.78, 5) is 19.3. The summed E-state index contributed by atoms with van der Waals surface area (Å²) in [6, 6.07) is 6.47. The molecule has 0 N–H and O–H groups in total. The van der Waals surface area contributed by atoms with Gasteiger partial charge in [0.1, 0.15) is 0 Å². The average Bonchev–Trinajstić information content (AvgIpc) is 2.58. The first-order chi connectivity index (χ1) is 11.5. The number of nitrogens with zero attached hydrogens (tertiary/aromatic N) is 3. The van der Waals surface area contributed by atoms with Gasteiger partial charge in [-0.05, 0) is 50.8 Å². The van der Waals surface area contributed by atoms with Gasteiger partial charge < -0.3 is 9.80 Å². The van der Waals surface area contributed by atoms with Crippen LogP contribution in [0.2, 0.25) is 5.02 Å². The highest BCUT2D eigenvalue weighted by Crippen LogP contribution is 2.25. The third-order valence-electron chi connectivity index (χ3n) is 5.37. The van der Waals surface area contributed by atoms with E-state index in [9.17, 15) is 4.79 Å². The molecule has 0 radical (unpaired) electrons. The molecule has 132 valence electrons. The van der Waals surface area contributed by atoms with Gasteiger partial charge in [-0.3, -0.25) is 9.69 Å². The minimum Gasteiger partial charge on any atom is -0.369 e. The molecule has 2 fully saturated rings. The molecule has 0 aliphatic carbocycles. The van der Waals surface area contributed by atoms with Crippen molar-refractivity contribution >= 4 is 23.2 Å². The SMILES string of the molecule is Cc1ccc(Cl)cc1N1CCN(CC(=O)N2CCCC[C@@H]2C)CC1. The van der Waals surface area contributed by atoms with E-state index in [-0.39, 0.29) is 0 Å². The second kappa shape index (κ2) is 7.75. The summed E-state index contributed by atoms with van der Waals surface area (Å²) < 4.78 is 0. The maximum Gasteiger partial charge on any atom is 0.236 e. The van der Waals surface area contributed by atoms with Gasteiger partial charge in [0.25, 0.3) is 0 Å². The lowest BCUT2D eigenvalue weighted by molar-refractivity contribution is -0.135. The number of hydrogen-bond donors (Lipinski definition) is 0. The molecule has 0 spiro atoms. The first kappa shape index (κ1) is 17.6. The van der Waals surface area contributed by atoms with E-state index in [1.54, 1.807) is 0 Å². The Morgan fingerprint density at radius 3 is 2.62 bits per heavy atom. The number of carbonyl (C=O) groups excluding carboxylic acids is 1. The van der Waals surface area contributed by atoms with Gasteiger partial charge in [0.2, 0.25) is 5.91 Å². The molecule has 2 heterocycles. The molecule has 4 nitrogen and oxygen atoms in total. The van der Waals surface area contributed by atoms with E-state index >= 15 is 0 Å². The van der Waals surface area contributed by atoms with E-state index in [0.717, 1.165) is 50.6 Å². The molecule has 24 heavy (non-hydrogen) atoms. The summed E-state index contributed by atoms with van der Waals surface area (Å²) in [6.07, 6.45) is 3.55. The summed E-state index contributed by atoms with van der Waals surface area (Å²) in [7, 11) is 0. The minimum atomic E-state index is 0.301. The number of anilines is 1. The lowest BCUT2D eigenvalue weighted by Gasteiger charge is -2.39. The fourth-order valence-electron chi connectivity index (χ4n) is 3.82. The molecule has 3 rings (SSSR count). The normalized spacial score (nSPS) is 22.7. The number of hydrogen-bond acceptors (Lipinski definition) is 3. The van der Waals surface area contributed by atoms with Gasteiger partial charge in [0, 0.05) is 49.5 Å². The van der Waals surface area contributed by atoms with Crippen LogP contribution in [0.25, 0.3) is 0 Å². The smallest absolute Gasteiger partial charge is 0.236 e. The van der Waals surface area contributed by atoms with E-state index in [4.69, 9.17) is 11.6 Å². The van der Waals surface area contributed by atoms with Gasteiger partial charge in [0.15, 0.2) is 0 Å². The molecule has 1 atom stereocenters. The van der Waals surface area contributed by atoms with Crippen LogP contribution in [0.5, 0.6) is 0 Å². The third-order valence-corrected chi connectivity index (χ3v) is 5.60. The number of carbonyl (C=O) groups is 1. The first-order valence-electron chi connectivity index (χ1n) is 9.07. The van der Waals surface area contributed by atoms with E-state index in [1.165, 1.54) is 17.7 Å². The van der Waals surface area contributed by atoms with Crippen molar-refractivity contribution in [1.29, 1.82) is 0 Å². The average molecular weight is 350 g/mol. The van der Waals surface area contributed by atoms with E-state index < -0.39 is 0 Å². The zero-order chi connectivity index (χ0) is 17.1. The van der Waals surface area contributed by atoms with Crippen LogP contribution in [-0.4, -0.2) is 61.0 Å². The molecule has 1 aromatic rings. The molecule has 0 aromatic heterocycles. The number of benzene rings is 1. The van der Waals surface area contributed by atoms with Gasteiger partial charge in [-0.1, -0.05) is 17.7 Å². The van der Waals surface area contributed by atoms with E-state index in [0.29, 0.717) is 18.5 Å². The second-order valence-electron chi connectivity index (χ2n) is 7.13. The maximum atomic E-state index is 12.6. The number of halogens is 1. The van der Waals surface area contributed by atoms with Crippen molar-refractivity contribution in [3.8, 4) is 0 Å². The minimum absolute atomic E-state index is 0.301. The zero-order valence-corrected chi connectivity index (χ0v) is 15.6. The Morgan fingerprint density at radius 1 is 1.17 bits per heavy atom. The summed E-state index contributed by atoms with van der Waals surface area (Å²) in [5.41, 5.74) is 2.48. The number of aryl methyl sites for hydroxylation is 1. The number of rotatable bonds is 3. The maximum absolute atomic E-state index is 12.6. The second-order valence-corrected chi connectivity index (χ2v) is 7.56. The number of piperidine rings is 1. The Balaban J connectivity index is 1.53. The van der Waals surface area contributed by atoms with Crippen LogP contribution in [0, 0.1) is 6.92 Å². The van der Waals surface area contributed by atoms with E-state index in [2.05, 4.69) is 34.6 Å². The molecule has 0 saturated carbocycles. The fraction of sp³-hybridized carbons (Fsp3) is 0.632. The van der Waals surface area contributed by atoms with Crippen LogP contribution in [0.1, 0.15) is 31.7 Å². The van der Waals surface area contributed by atoms with Crippen LogP contribution in [0.4, 0.5) is 5.69 Å². The van der Waals surface area contributed by atoms with Crippen molar-refractivity contribution in [2.45, 2.75) is 39.2 Å². The Labute approximate surface area is 150 Å². The van der Waals surface area contributed by atoms with Crippen LogP contribution in [-0.2, 0) is 4.79 Å². The molecule has 0 unspecified atom stereocenters. The van der Waals surface area contributed by atoms with Gasteiger partial charge in [-0.2, -0.15) is 0 Å². The Bertz CT molecular complexity index is 584. The Hall–Kier alpha value is -1.26. The van der Waals surface area contributed by atoms with Crippen LogP contribution >= 0.6 is 11.6 Å². The van der Waals surface area contributed by atoms with Crippen molar-refractivity contribution < 1.29 is 4.79 Å². The molecule has 2 aliphatic rings. The predicted molar refractivity (Wildman–Crippen MR) is 99.9 cm³/mol. The Morgan fingerprint density at radius 2 is 1.92 bits per heavy atom. The zero-order valence-electron chi connectivity index (χ0n) is 14.8.